The summed E-state index contributed by atoms with van der Waals surface area (Å²) < 4.78 is 44.1. The van der Waals surface area contributed by atoms with Crippen molar-refractivity contribution in [2.45, 2.75) is 24.5 Å². The molecule has 0 aromatic carbocycles. The van der Waals surface area contributed by atoms with Crippen LogP contribution in [0.2, 0.25) is 0 Å². The smallest absolute Gasteiger partial charge is 0.379 e. The van der Waals surface area contributed by atoms with E-state index < -0.39 is 23.8 Å². The number of hydroxylamine groups is 1. The van der Waals surface area contributed by atoms with Crippen LogP contribution in [-0.2, 0) is 4.74 Å². The lowest BCUT2D eigenvalue weighted by atomic mass is 9.98. The molecule has 0 aromatic heterocycles. The molecule has 2 saturated heterocycles. The first-order valence-corrected chi connectivity index (χ1v) is 7.94. The lowest BCUT2D eigenvalue weighted by Gasteiger charge is -2.45. The van der Waals surface area contributed by atoms with Crippen molar-refractivity contribution in [1.29, 1.82) is 0 Å². The number of nitrogens with zero attached hydrogens (tertiary/aromatic N) is 3. The van der Waals surface area contributed by atoms with Crippen molar-refractivity contribution >= 4 is 0 Å². The van der Waals surface area contributed by atoms with Gasteiger partial charge in [0.05, 0.1) is 38.9 Å². The van der Waals surface area contributed by atoms with E-state index in [0.29, 0.717) is 26.3 Å². The zero-order valence-electron chi connectivity index (χ0n) is 13.6. The van der Waals surface area contributed by atoms with Crippen molar-refractivity contribution in [1.82, 2.24) is 9.91 Å². The number of ether oxygens (including phenoxy) is 1. The fourth-order valence-corrected chi connectivity index (χ4v) is 3.43. The first kappa shape index (κ1) is 17.8. The van der Waals surface area contributed by atoms with Gasteiger partial charge in [-0.1, -0.05) is 12.2 Å². The summed E-state index contributed by atoms with van der Waals surface area (Å²) >= 11 is 0. The molecule has 0 aromatic rings. The summed E-state index contributed by atoms with van der Waals surface area (Å²) in [7, 11) is 3.92. The molecule has 4 unspecified atom stereocenters. The molecular formula is C14H23F3N5O2+. The number of rotatable bonds is 3. The second-order valence-corrected chi connectivity index (χ2v) is 6.43. The fourth-order valence-electron chi connectivity index (χ4n) is 3.43. The van der Waals surface area contributed by atoms with Gasteiger partial charge in [-0.15, -0.1) is 0 Å². The van der Waals surface area contributed by atoms with Gasteiger partial charge in [0.1, 0.15) is 6.04 Å². The molecule has 3 N–H and O–H groups in total. The standard InChI is InChI=1S/C14H22F3N5O2/c1-19(2)13(20-5-7-24-8-6-20)21-11-4-3-10(14(15,16)17)9-12(11)22(23)18-21/h3-4,9,11-13,22-23H,5-8H2,1-2H3/p+1. The summed E-state index contributed by atoms with van der Waals surface area (Å²) in [5.74, 6) is 0. The molecule has 0 bridgehead atoms. The van der Waals surface area contributed by atoms with Gasteiger partial charge in [-0.25, -0.2) is 15.3 Å². The van der Waals surface area contributed by atoms with Crippen LogP contribution in [0.1, 0.15) is 0 Å². The van der Waals surface area contributed by atoms with Crippen LogP contribution in [0.3, 0.4) is 0 Å². The Bertz CT molecular complexity index is 519. The molecule has 0 saturated carbocycles. The third-order valence-electron chi connectivity index (χ3n) is 4.51. The molecule has 3 aliphatic rings. The first-order valence-electron chi connectivity index (χ1n) is 7.94. The summed E-state index contributed by atoms with van der Waals surface area (Å²) in [4.78, 5) is 3.24. The highest BCUT2D eigenvalue weighted by Crippen LogP contribution is 2.32. The predicted molar refractivity (Wildman–Crippen MR) is 77.8 cm³/mol. The van der Waals surface area contributed by atoms with Crippen LogP contribution in [-0.4, -0.2) is 80.1 Å². The van der Waals surface area contributed by atoms with Crippen molar-refractivity contribution in [2.75, 3.05) is 40.4 Å². The van der Waals surface area contributed by atoms with E-state index >= 15 is 0 Å². The van der Waals surface area contributed by atoms with Gasteiger partial charge < -0.3 is 15.2 Å². The molecular weight excluding hydrogens is 327 g/mol. The van der Waals surface area contributed by atoms with E-state index in [9.17, 15) is 18.4 Å². The summed E-state index contributed by atoms with van der Waals surface area (Å²) in [6.07, 6.45) is -0.993. The quantitative estimate of drug-likeness (QED) is 0.570. The second-order valence-electron chi connectivity index (χ2n) is 6.43. The molecule has 7 nitrogen and oxygen atoms in total. The molecule has 2 heterocycles. The zero-order valence-corrected chi connectivity index (χ0v) is 13.6. The average Bonchev–Trinajstić information content (AvgIpc) is 2.84. The minimum Gasteiger partial charge on any atom is -0.379 e. The summed E-state index contributed by atoms with van der Waals surface area (Å²) in [6.45, 7) is 2.64. The molecule has 24 heavy (non-hydrogen) atoms. The van der Waals surface area contributed by atoms with Crippen LogP contribution in [0.4, 0.5) is 13.2 Å². The number of quaternary nitrogens is 2. The molecule has 3 rings (SSSR count). The number of halogens is 3. The van der Waals surface area contributed by atoms with Gasteiger partial charge in [-0.3, -0.25) is 5.01 Å². The molecule has 2 fully saturated rings. The normalized spacial score (nSPS) is 33.6. The minimum atomic E-state index is -4.43. The third-order valence-corrected chi connectivity index (χ3v) is 4.51. The highest BCUT2D eigenvalue weighted by atomic mass is 19.4. The second kappa shape index (κ2) is 6.71. The average molecular weight is 350 g/mol. The van der Waals surface area contributed by atoms with E-state index in [0.717, 1.165) is 17.1 Å². The Hall–Kier alpha value is -1.01. The minimum absolute atomic E-state index is 0.184. The van der Waals surface area contributed by atoms with Crippen molar-refractivity contribution in [3.63, 3.8) is 0 Å². The Morgan fingerprint density at radius 2 is 2.04 bits per heavy atom. The van der Waals surface area contributed by atoms with E-state index in [4.69, 9.17) is 4.74 Å². The Labute approximate surface area is 138 Å². The monoisotopic (exact) mass is 350 g/mol. The van der Waals surface area contributed by atoms with Crippen molar-refractivity contribution in [3.8, 4) is 0 Å². The number of allylic oxidation sites excluding steroid dienone is 2. The van der Waals surface area contributed by atoms with Crippen molar-refractivity contribution in [2.24, 2.45) is 0 Å². The van der Waals surface area contributed by atoms with E-state index in [1.54, 1.807) is 5.01 Å². The molecule has 0 amide bonds. The van der Waals surface area contributed by atoms with Crippen molar-refractivity contribution in [3.05, 3.63) is 29.3 Å². The Morgan fingerprint density at radius 3 is 2.62 bits per heavy atom. The number of hydrogen-bond acceptors (Lipinski definition) is 4. The van der Waals surface area contributed by atoms with Gasteiger partial charge in [-0.2, -0.15) is 13.2 Å². The van der Waals surface area contributed by atoms with Crippen LogP contribution in [0.15, 0.2) is 23.8 Å². The predicted octanol–water partition coefficient (Wildman–Crippen LogP) is -1.66. The summed E-state index contributed by atoms with van der Waals surface area (Å²) in [6, 6.07) is -1.19. The zero-order chi connectivity index (χ0) is 17.5. The number of nitrogens with one attached hydrogen (secondary N) is 2. The largest absolute Gasteiger partial charge is 0.416 e. The number of hydrogen-bond donors (Lipinski definition) is 3. The van der Waals surface area contributed by atoms with Crippen LogP contribution in [0.25, 0.3) is 5.53 Å². The Morgan fingerprint density at radius 1 is 1.38 bits per heavy atom. The van der Waals surface area contributed by atoms with Gasteiger partial charge in [0.2, 0.25) is 0 Å². The maximum absolute atomic E-state index is 12.9. The van der Waals surface area contributed by atoms with Crippen LogP contribution < -0.4 is 10.1 Å². The lowest BCUT2D eigenvalue weighted by Crippen LogP contribution is -3.15. The van der Waals surface area contributed by atoms with Gasteiger partial charge >= 0.3 is 6.18 Å². The summed E-state index contributed by atoms with van der Waals surface area (Å²) in [5.41, 5.74) is 3.44. The molecule has 1 aliphatic carbocycles. The van der Waals surface area contributed by atoms with Crippen LogP contribution >= 0.6 is 0 Å². The molecule has 136 valence electrons. The molecule has 0 spiro atoms. The number of fused-ring (bicyclic) bond motifs is 1. The van der Waals surface area contributed by atoms with Crippen LogP contribution in [0, 0.1) is 0 Å². The molecule has 2 aliphatic heterocycles. The lowest BCUT2D eigenvalue weighted by molar-refractivity contribution is -1.07. The summed E-state index contributed by atoms with van der Waals surface area (Å²) in [5, 5.41) is 11.6. The highest BCUT2D eigenvalue weighted by Gasteiger charge is 2.46. The van der Waals surface area contributed by atoms with E-state index in [2.05, 4.69) is 10.4 Å². The van der Waals surface area contributed by atoms with Gasteiger partial charge in [0, 0.05) is 13.1 Å². The molecule has 0 radical (unpaired) electrons. The maximum Gasteiger partial charge on any atom is 0.416 e. The topological polar surface area (TPSA) is 58.9 Å². The fraction of sp³-hybridized carbons (Fsp3) is 0.714. The number of alkyl halides is 3. The van der Waals surface area contributed by atoms with Gasteiger partial charge in [0.25, 0.3) is 0 Å². The highest BCUT2D eigenvalue weighted by molar-refractivity contribution is 5.33. The van der Waals surface area contributed by atoms with Crippen molar-refractivity contribution < 1.29 is 33.2 Å². The van der Waals surface area contributed by atoms with E-state index in [1.165, 1.54) is 6.08 Å². The maximum atomic E-state index is 12.9. The first-order chi connectivity index (χ1) is 11.3. The number of morpholine rings is 1. The van der Waals surface area contributed by atoms with Gasteiger partial charge in [-0.05, 0) is 6.08 Å². The van der Waals surface area contributed by atoms with Crippen LogP contribution in [0.5, 0.6) is 0 Å². The Balaban J connectivity index is 1.82. The van der Waals surface area contributed by atoms with E-state index in [-0.39, 0.29) is 11.5 Å². The van der Waals surface area contributed by atoms with E-state index in [1.807, 2.05) is 14.1 Å². The molecule has 4 atom stereocenters. The third kappa shape index (κ3) is 3.36. The molecule has 10 heteroatoms. The Kier molecular flexibility index (Phi) is 4.98. The SMILES string of the molecule is C[NH+](C)C(N1CCOCC1)N1[N-][NH+](O)C2C=C(C(F)(F)F)C=CC21. The van der Waals surface area contributed by atoms with Gasteiger partial charge in [0.15, 0.2) is 6.29 Å².